The molecule has 1 aliphatic rings. The number of H-pyrrole nitrogens is 1. The molecule has 0 bridgehead atoms. The van der Waals surface area contributed by atoms with Gasteiger partial charge in [0, 0.05) is 24.8 Å². The van der Waals surface area contributed by atoms with Crippen molar-refractivity contribution in [1.29, 1.82) is 0 Å². The Morgan fingerprint density at radius 1 is 1.05 bits per heavy atom. The second-order valence-corrected chi connectivity index (χ2v) is 5.01. The quantitative estimate of drug-likeness (QED) is 0.753. The van der Waals surface area contributed by atoms with Gasteiger partial charge in [-0.15, -0.1) is 0 Å². The van der Waals surface area contributed by atoms with Crippen molar-refractivity contribution in [3.63, 3.8) is 0 Å². The van der Waals surface area contributed by atoms with Gasteiger partial charge in [0.2, 0.25) is 0 Å². The summed E-state index contributed by atoms with van der Waals surface area (Å²) < 4.78 is 5.36. The number of ether oxygens (including phenoxy) is 1. The molecular weight excluding hydrogens is 282 g/mol. The van der Waals surface area contributed by atoms with Crippen LogP contribution in [0.15, 0.2) is 30.6 Å². The monoisotopic (exact) mass is 297 g/mol. The Hall–Kier alpha value is -2.74. The second kappa shape index (κ2) is 5.57. The van der Waals surface area contributed by atoms with E-state index < -0.39 is 0 Å². The summed E-state index contributed by atoms with van der Waals surface area (Å²) in [6, 6.07) is 7.72. The molecule has 112 valence electrons. The number of hydrogen-bond donors (Lipinski definition) is 2. The molecule has 1 aromatic carbocycles. The Kier molecular flexibility index (Phi) is 3.28. The summed E-state index contributed by atoms with van der Waals surface area (Å²) in [7, 11) is 0. The highest BCUT2D eigenvalue weighted by Crippen LogP contribution is 2.21. The third kappa shape index (κ3) is 2.56. The van der Waals surface area contributed by atoms with Crippen molar-refractivity contribution in [3.05, 3.63) is 30.6 Å². The van der Waals surface area contributed by atoms with Gasteiger partial charge in [0.05, 0.1) is 13.2 Å². The Morgan fingerprint density at radius 2 is 1.91 bits per heavy atom. The van der Waals surface area contributed by atoms with E-state index in [0.717, 1.165) is 54.7 Å². The zero-order chi connectivity index (χ0) is 14.8. The number of anilines is 3. The first kappa shape index (κ1) is 13.0. The lowest BCUT2D eigenvalue weighted by Crippen LogP contribution is -2.36. The molecule has 0 spiro atoms. The van der Waals surface area contributed by atoms with Crippen LogP contribution in [0.4, 0.5) is 17.3 Å². The number of aromatic nitrogens is 5. The van der Waals surface area contributed by atoms with E-state index in [1.54, 1.807) is 6.33 Å². The van der Waals surface area contributed by atoms with Crippen molar-refractivity contribution in [2.45, 2.75) is 0 Å². The van der Waals surface area contributed by atoms with Crippen LogP contribution < -0.4 is 10.2 Å². The summed E-state index contributed by atoms with van der Waals surface area (Å²) >= 11 is 0. The van der Waals surface area contributed by atoms with E-state index in [9.17, 15) is 0 Å². The Morgan fingerprint density at radius 3 is 2.82 bits per heavy atom. The first-order chi connectivity index (χ1) is 10.9. The molecule has 0 radical (unpaired) electrons. The van der Waals surface area contributed by atoms with Crippen LogP contribution in [0.3, 0.4) is 0 Å². The Bertz CT molecular complexity index is 781. The maximum absolute atomic E-state index is 5.36. The Labute approximate surface area is 126 Å². The van der Waals surface area contributed by atoms with Crippen molar-refractivity contribution in [2.24, 2.45) is 0 Å². The normalized spacial score (nSPS) is 15.2. The Balaban J connectivity index is 1.56. The first-order valence-electron chi connectivity index (χ1n) is 7.11. The number of benzene rings is 1. The molecule has 1 fully saturated rings. The van der Waals surface area contributed by atoms with Gasteiger partial charge in [-0.3, -0.25) is 0 Å². The van der Waals surface area contributed by atoms with E-state index in [1.165, 1.54) is 0 Å². The molecule has 1 saturated heterocycles. The lowest BCUT2D eigenvalue weighted by Gasteiger charge is -2.27. The highest BCUT2D eigenvalue weighted by atomic mass is 16.5. The van der Waals surface area contributed by atoms with Gasteiger partial charge in [0.1, 0.15) is 29.0 Å². The van der Waals surface area contributed by atoms with Crippen molar-refractivity contribution in [3.8, 4) is 0 Å². The molecule has 0 aliphatic carbocycles. The zero-order valence-corrected chi connectivity index (χ0v) is 11.9. The molecule has 0 unspecified atom stereocenters. The predicted molar refractivity (Wildman–Crippen MR) is 82.2 cm³/mol. The molecule has 3 heterocycles. The zero-order valence-electron chi connectivity index (χ0n) is 11.9. The lowest BCUT2D eigenvalue weighted by atomic mass is 10.2. The van der Waals surface area contributed by atoms with Gasteiger partial charge in [0.25, 0.3) is 0 Å². The minimum absolute atomic E-state index is 0.732. The van der Waals surface area contributed by atoms with Crippen molar-refractivity contribution in [2.75, 3.05) is 36.5 Å². The maximum atomic E-state index is 5.36. The number of nitrogens with zero attached hydrogens (tertiary/aromatic N) is 5. The van der Waals surface area contributed by atoms with Gasteiger partial charge in [-0.2, -0.15) is 15.4 Å². The SMILES string of the molecule is c1nc(Nc2ccc3n[nH]nc3c2)cc(N2CCOCC2)n1. The third-order valence-corrected chi connectivity index (χ3v) is 3.58. The van der Waals surface area contributed by atoms with E-state index >= 15 is 0 Å². The minimum atomic E-state index is 0.732. The fourth-order valence-electron chi connectivity index (χ4n) is 2.45. The van der Waals surface area contributed by atoms with Crippen LogP contribution in [-0.2, 0) is 4.74 Å². The fourth-order valence-corrected chi connectivity index (χ4v) is 2.45. The van der Waals surface area contributed by atoms with Crippen LogP contribution in [0.2, 0.25) is 0 Å². The van der Waals surface area contributed by atoms with E-state index in [4.69, 9.17) is 4.74 Å². The number of aromatic amines is 1. The van der Waals surface area contributed by atoms with Crippen molar-refractivity contribution in [1.82, 2.24) is 25.4 Å². The molecule has 2 aromatic heterocycles. The van der Waals surface area contributed by atoms with Crippen LogP contribution in [0.5, 0.6) is 0 Å². The average molecular weight is 297 g/mol. The number of fused-ring (bicyclic) bond motifs is 1. The number of rotatable bonds is 3. The standard InChI is InChI=1S/C14H15N7O/c1-2-11-12(19-20-18-11)7-10(1)17-13-8-14(16-9-15-13)21-3-5-22-6-4-21/h1-2,7-9H,3-6H2,(H,15,16,17)(H,18,19,20). The fraction of sp³-hybridized carbons (Fsp3) is 0.286. The van der Waals surface area contributed by atoms with Gasteiger partial charge < -0.3 is 15.0 Å². The minimum Gasteiger partial charge on any atom is -0.378 e. The topological polar surface area (TPSA) is 91.9 Å². The maximum Gasteiger partial charge on any atom is 0.135 e. The van der Waals surface area contributed by atoms with Crippen LogP contribution in [0, 0.1) is 0 Å². The first-order valence-corrected chi connectivity index (χ1v) is 7.11. The number of morpholine rings is 1. The van der Waals surface area contributed by atoms with E-state index in [-0.39, 0.29) is 0 Å². The number of nitrogens with one attached hydrogen (secondary N) is 2. The molecule has 22 heavy (non-hydrogen) atoms. The largest absolute Gasteiger partial charge is 0.378 e. The van der Waals surface area contributed by atoms with Gasteiger partial charge in [-0.05, 0) is 18.2 Å². The molecule has 3 aromatic rings. The average Bonchev–Trinajstić information content (AvgIpc) is 3.04. The van der Waals surface area contributed by atoms with Crippen LogP contribution in [-0.4, -0.2) is 51.7 Å². The molecule has 0 atom stereocenters. The van der Waals surface area contributed by atoms with Gasteiger partial charge >= 0.3 is 0 Å². The van der Waals surface area contributed by atoms with E-state index in [0.29, 0.717) is 0 Å². The molecule has 0 saturated carbocycles. The van der Waals surface area contributed by atoms with Gasteiger partial charge in [-0.1, -0.05) is 0 Å². The third-order valence-electron chi connectivity index (χ3n) is 3.58. The van der Waals surface area contributed by atoms with E-state index in [2.05, 4.69) is 35.6 Å². The molecule has 8 nitrogen and oxygen atoms in total. The second-order valence-electron chi connectivity index (χ2n) is 5.01. The van der Waals surface area contributed by atoms with Crippen LogP contribution in [0.25, 0.3) is 11.0 Å². The van der Waals surface area contributed by atoms with Crippen molar-refractivity contribution < 1.29 is 4.74 Å². The summed E-state index contributed by atoms with van der Waals surface area (Å²) in [5.41, 5.74) is 2.56. The summed E-state index contributed by atoms with van der Waals surface area (Å²) in [6.45, 7) is 3.16. The number of hydrogen-bond acceptors (Lipinski definition) is 7. The van der Waals surface area contributed by atoms with Gasteiger partial charge in [0.15, 0.2) is 0 Å². The smallest absolute Gasteiger partial charge is 0.135 e. The molecule has 8 heteroatoms. The van der Waals surface area contributed by atoms with Crippen LogP contribution in [0.1, 0.15) is 0 Å². The highest BCUT2D eigenvalue weighted by molar-refractivity contribution is 5.79. The molecule has 4 rings (SSSR count). The molecular formula is C14H15N7O. The summed E-state index contributed by atoms with van der Waals surface area (Å²) in [4.78, 5) is 10.8. The van der Waals surface area contributed by atoms with Gasteiger partial charge in [-0.25, -0.2) is 9.97 Å². The van der Waals surface area contributed by atoms with Crippen LogP contribution >= 0.6 is 0 Å². The molecule has 1 aliphatic heterocycles. The highest BCUT2D eigenvalue weighted by Gasteiger charge is 2.13. The van der Waals surface area contributed by atoms with E-state index in [1.807, 2.05) is 24.3 Å². The predicted octanol–water partition coefficient (Wildman–Crippen LogP) is 1.33. The molecule has 0 amide bonds. The lowest BCUT2D eigenvalue weighted by molar-refractivity contribution is 0.122. The molecule has 2 N–H and O–H groups in total. The summed E-state index contributed by atoms with van der Waals surface area (Å²) in [5, 5.41) is 14.0. The summed E-state index contributed by atoms with van der Waals surface area (Å²) in [5.74, 6) is 1.66. The summed E-state index contributed by atoms with van der Waals surface area (Å²) in [6.07, 6.45) is 1.57. The van der Waals surface area contributed by atoms with Crippen molar-refractivity contribution >= 4 is 28.4 Å².